The van der Waals surface area contributed by atoms with Crippen molar-refractivity contribution in [1.82, 2.24) is 9.88 Å². The van der Waals surface area contributed by atoms with Crippen molar-refractivity contribution in [3.8, 4) is 0 Å². The number of ether oxygens (including phenoxy) is 3. The molecule has 8 heteroatoms. The van der Waals surface area contributed by atoms with Crippen LogP contribution in [0.25, 0.3) is 0 Å². The lowest BCUT2D eigenvalue weighted by atomic mass is 9.90. The van der Waals surface area contributed by atoms with Gasteiger partial charge in [-0.2, -0.15) is 0 Å². The molecule has 2 fully saturated rings. The van der Waals surface area contributed by atoms with E-state index in [0.717, 1.165) is 49.5 Å². The first-order valence-electron chi connectivity index (χ1n) is 12.7. The minimum atomic E-state index is -0.597. The number of aromatic nitrogens is 1. The summed E-state index contributed by atoms with van der Waals surface area (Å²) in [5.74, 6) is -0.121. The molecule has 1 aromatic heterocycles. The van der Waals surface area contributed by atoms with Crippen molar-refractivity contribution in [1.29, 1.82) is 0 Å². The molecule has 1 amide bonds. The van der Waals surface area contributed by atoms with Crippen LogP contribution < -0.4 is 5.32 Å². The van der Waals surface area contributed by atoms with Crippen molar-refractivity contribution in [2.75, 3.05) is 38.2 Å². The zero-order chi connectivity index (χ0) is 25.6. The van der Waals surface area contributed by atoms with Crippen LogP contribution in [-0.4, -0.2) is 59.8 Å². The van der Waals surface area contributed by atoms with E-state index in [9.17, 15) is 9.90 Å². The topological polar surface area (TPSA) is 93.2 Å². The van der Waals surface area contributed by atoms with Gasteiger partial charge in [0.2, 0.25) is 0 Å². The molecule has 2 aromatic carbocycles. The van der Waals surface area contributed by atoms with Crippen molar-refractivity contribution in [3.63, 3.8) is 0 Å². The third-order valence-corrected chi connectivity index (χ3v) is 7.01. The fourth-order valence-electron chi connectivity index (χ4n) is 4.83. The molecule has 0 aliphatic carbocycles. The Bertz CT molecular complexity index is 1170. The summed E-state index contributed by atoms with van der Waals surface area (Å²) in [5.41, 5.74) is 3.89. The van der Waals surface area contributed by atoms with Gasteiger partial charge in [0.05, 0.1) is 37.6 Å². The zero-order valence-corrected chi connectivity index (χ0v) is 21.0. The van der Waals surface area contributed by atoms with Gasteiger partial charge in [0, 0.05) is 49.2 Å². The summed E-state index contributed by atoms with van der Waals surface area (Å²) in [6.07, 6.45) is 2.33. The molecule has 3 aromatic rings. The summed E-state index contributed by atoms with van der Waals surface area (Å²) in [7, 11) is 0. The van der Waals surface area contributed by atoms with Crippen molar-refractivity contribution in [2.24, 2.45) is 5.92 Å². The van der Waals surface area contributed by atoms with Crippen LogP contribution in [0.15, 0.2) is 73.1 Å². The number of nitrogens with one attached hydrogen (secondary N) is 1. The van der Waals surface area contributed by atoms with Gasteiger partial charge in [0.1, 0.15) is 0 Å². The van der Waals surface area contributed by atoms with Crippen LogP contribution >= 0.6 is 0 Å². The van der Waals surface area contributed by atoms with E-state index in [2.05, 4.69) is 22.1 Å². The normalized spacial score (nSPS) is 24.5. The molecule has 5 rings (SSSR count). The first-order valence-corrected chi connectivity index (χ1v) is 12.7. The average Bonchev–Trinajstić information content (AvgIpc) is 2.95. The standard InChI is InChI=1S/C29H33N3O5/c1-20-26(18-32-12-14-35-15-13-32)36-29(37-27(20)22-9-7-21(19-33)8-10-22)23-4-2-6-25(16-23)31-28(34)24-5-3-11-30-17-24/h2-11,16-17,20,26-27,29,33H,12-15,18-19H2,1H3,(H,31,34)/t20-,26+,27+,29+/m0/s1. The number of aliphatic hydroxyl groups is 1. The van der Waals surface area contributed by atoms with Gasteiger partial charge in [0.15, 0.2) is 6.29 Å². The number of carbonyl (C=O) groups is 1. The Balaban J connectivity index is 1.38. The quantitative estimate of drug-likeness (QED) is 0.504. The monoisotopic (exact) mass is 503 g/mol. The van der Waals surface area contributed by atoms with Gasteiger partial charge in [-0.05, 0) is 35.4 Å². The Morgan fingerprint density at radius 1 is 1.05 bits per heavy atom. The summed E-state index contributed by atoms with van der Waals surface area (Å²) >= 11 is 0. The largest absolute Gasteiger partial charge is 0.392 e. The number of anilines is 1. The molecule has 0 spiro atoms. The smallest absolute Gasteiger partial charge is 0.257 e. The second kappa shape index (κ2) is 11.9. The number of carbonyl (C=O) groups excluding carboxylic acids is 1. The van der Waals surface area contributed by atoms with Gasteiger partial charge < -0.3 is 24.6 Å². The molecule has 194 valence electrons. The molecule has 37 heavy (non-hydrogen) atoms. The number of nitrogens with zero attached hydrogens (tertiary/aromatic N) is 2. The van der Waals surface area contributed by atoms with Crippen LogP contribution in [0, 0.1) is 5.92 Å². The van der Waals surface area contributed by atoms with Gasteiger partial charge in [-0.25, -0.2) is 0 Å². The van der Waals surface area contributed by atoms with E-state index in [-0.39, 0.29) is 30.6 Å². The second-order valence-electron chi connectivity index (χ2n) is 9.56. The van der Waals surface area contributed by atoms with Gasteiger partial charge in [-0.1, -0.05) is 43.3 Å². The molecule has 8 nitrogen and oxygen atoms in total. The number of aliphatic hydroxyl groups excluding tert-OH is 1. The van der Waals surface area contributed by atoms with E-state index in [1.807, 2.05) is 48.5 Å². The molecular weight excluding hydrogens is 470 g/mol. The van der Waals surface area contributed by atoms with Crippen molar-refractivity contribution < 1.29 is 24.1 Å². The number of hydrogen-bond donors (Lipinski definition) is 2. The van der Waals surface area contributed by atoms with Crippen LogP contribution in [-0.2, 0) is 20.8 Å². The fraction of sp³-hybridized carbons (Fsp3) is 0.379. The zero-order valence-electron chi connectivity index (χ0n) is 21.0. The molecule has 2 aliphatic heterocycles. The highest BCUT2D eigenvalue weighted by atomic mass is 16.7. The van der Waals surface area contributed by atoms with Crippen molar-refractivity contribution >= 4 is 11.6 Å². The van der Waals surface area contributed by atoms with Crippen molar-refractivity contribution in [2.45, 2.75) is 32.0 Å². The number of hydrogen-bond acceptors (Lipinski definition) is 7. The van der Waals surface area contributed by atoms with E-state index in [1.165, 1.54) is 6.20 Å². The molecule has 0 radical (unpaired) electrons. The summed E-state index contributed by atoms with van der Waals surface area (Å²) in [6.45, 7) is 6.17. The van der Waals surface area contributed by atoms with E-state index in [1.54, 1.807) is 18.3 Å². The Morgan fingerprint density at radius 3 is 2.59 bits per heavy atom. The maximum Gasteiger partial charge on any atom is 0.257 e. The number of amides is 1. The maximum atomic E-state index is 12.7. The van der Waals surface area contributed by atoms with E-state index >= 15 is 0 Å². The van der Waals surface area contributed by atoms with Gasteiger partial charge >= 0.3 is 0 Å². The summed E-state index contributed by atoms with van der Waals surface area (Å²) in [4.78, 5) is 19.1. The predicted octanol–water partition coefficient (Wildman–Crippen LogP) is 3.95. The highest BCUT2D eigenvalue weighted by Gasteiger charge is 2.39. The minimum absolute atomic E-state index is 0.00427. The molecule has 2 N–H and O–H groups in total. The van der Waals surface area contributed by atoms with Crippen LogP contribution in [0.2, 0.25) is 0 Å². The number of rotatable bonds is 7. The highest BCUT2D eigenvalue weighted by Crippen LogP contribution is 2.42. The maximum absolute atomic E-state index is 12.7. The first kappa shape index (κ1) is 25.5. The molecule has 0 unspecified atom stereocenters. The molecule has 2 aliphatic rings. The highest BCUT2D eigenvalue weighted by molar-refractivity contribution is 6.04. The lowest BCUT2D eigenvalue weighted by Gasteiger charge is -2.43. The third-order valence-electron chi connectivity index (χ3n) is 7.01. The van der Waals surface area contributed by atoms with E-state index in [4.69, 9.17) is 14.2 Å². The van der Waals surface area contributed by atoms with Crippen LogP contribution in [0.4, 0.5) is 5.69 Å². The molecule has 2 saturated heterocycles. The molecule has 0 bridgehead atoms. The third kappa shape index (κ3) is 6.23. The fourth-order valence-corrected chi connectivity index (χ4v) is 4.83. The van der Waals surface area contributed by atoms with Crippen molar-refractivity contribution in [3.05, 3.63) is 95.3 Å². The van der Waals surface area contributed by atoms with Crippen LogP contribution in [0.3, 0.4) is 0 Å². The summed E-state index contributed by atoms with van der Waals surface area (Å²) in [5, 5.41) is 12.4. The predicted molar refractivity (Wildman–Crippen MR) is 139 cm³/mol. The number of pyridine rings is 1. The van der Waals surface area contributed by atoms with E-state index < -0.39 is 6.29 Å². The number of benzene rings is 2. The van der Waals surface area contributed by atoms with Gasteiger partial charge in [-0.15, -0.1) is 0 Å². The molecule has 4 atom stereocenters. The summed E-state index contributed by atoms with van der Waals surface area (Å²) < 4.78 is 18.6. The minimum Gasteiger partial charge on any atom is -0.392 e. The van der Waals surface area contributed by atoms with Crippen LogP contribution in [0.5, 0.6) is 0 Å². The SMILES string of the molecule is C[C@H]1[C@@H](CN2CCOCC2)O[C@@H](c2cccc(NC(=O)c3cccnc3)c2)O[C@H]1c1ccc(CO)cc1. The summed E-state index contributed by atoms with van der Waals surface area (Å²) in [6, 6.07) is 19.0. The average molecular weight is 504 g/mol. The Morgan fingerprint density at radius 2 is 1.86 bits per heavy atom. The Kier molecular flexibility index (Phi) is 8.23. The van der Waals surface area contributed by atoms with Gasteiger partial charge in [-0.3, -0.25) is 14.7 Å². The first-order chi connectivity index (χ1) is 18.1. The molecule has 0 saturated carbocycles. The molecule has 3 heterocycles. The van der Waals surface area contributed by atoms with Gasteiger partial charge in [0.25, 0.3) is 5.91 Å². The number of morpholine rings is 1. The second-order valence-corrected chi connectivity index (χ2v) is 9.56. The lowest BCUT2D eigenvalue weighted by molar-refractivity contribution is -0.277. The lowest BCUT2D eigenvalue weighted by Crippen LogP contribution is -2.47. The molecular formula is C29H33N3O5. The van der Waals surface area contributed by atoms with E-state index in [0.29, 0.717) is 11.3 Å². The Hall–Kier alpha value is -3.14. The Labute approximate surface area is 217 Å². The van der Waals surface area contributed by atoms with Crippen LogP contribution in [0.1, 0.15) is 46.4 Å².